The number of amides is 1. The summed E-state index contributed by atoms with van der Waals surface area (Å²) in [4.78, 5) is 11.3. The van der Waals surface area contributed by atoms with Crippen molar-refractivity contribution in [1.82, 2.24) is 5.09 Å². The summed E-state index contributed by atoms with van der Waals surface area (Å²) in [6, 6.07) is 7.46. The normalized spacial score (nSPS) is 13.9. The van der Waals surface area contributed by atoms with E-state index in [9.17, 15) is 9.36 Å². The van der Waals surface area contributed by atoms with E-state index in [1.807, 2.05) is 36.3 Å². The third-order valence-electron chi connectivity index (χ3n) is 2.21. The van der Waals surface area contributed by atoms with Crippen LogP contribution in [0.3, 0.4) is 0 Å². The van der Waals surface area contributed by atoms with Crippen LogP contribution in [0.1, 0.15) is 25.0 Å². The van der Waals surface area contributed by atoms with Crippen molar-refractivity contribution < 1.29 is 18.6 Å². The molecule has 0 fully saturated rings. The van der Waals surface area contributed by atoms with E-state index in [2.05, 4.69) is 0 Å². The first kappa shape index (κ1) is 16.0. The maximum absolute atomic E-state index is 11.8. The van der Waals surface area contributed by atoms with Crippen LogP contribution in [-0.4, -0.2) is 12.2 Å². The number of carbonyl (C=O) groups is 1. The molecule has 1 aromatic rings. The molecule has 1 atom stereocenters. The summed E-state index contributed by atoms with van der Waals surface area (Å²) < 4.78 is 21.7. The monoisotopic (exact) mass is 305 g/mol. The fourth-order valence-corrected chi connectivity index (χ4v) is 2.30. The molecule has 106 valence electrons. The van der Waals surface area contributed by atoms with E-state index < -0.39 is 13.0 Å². The minimum Gasteiger partial charge on any atom is -0.447 e. The average molecular weight is 306 g/mol. The van der Waals surface area contributed by atoms with Crippen LogP contribution in [-0.2, 0) is 20.4 Å². The highest BCUT2D eigenvalue weighted by Crippen LogP contribution is 2.48. The van der Waals surface area contributed by atoms with E-state index in [1.165, 1.54) is 0 Å². The second kappa shape index (κ2) is 6.94. The molecule has 0 aliphatic heterocycles. The van der Waals surface area contributed by atoms with Crippen molar-refractivity contribution in [3.8, 4) is 0 Å². The summed E-state index contributed by atoms with van der Waals surface area (Å²) in [7, 11) is 0. The molecule has 0 aromatic heterocycles. The number of nitrogens with one attached hydrogen (secondary N) is 1. The maximum Gasteiger partial charge on any atom is 0.415 e. The van der Waals surface area contributed by atoms with Crippen molar-refractivity contribution in [2.45, 2.75) is 33.5 Å². The molecular formula is C12H17ClNO4P. The summed E-state index contributed by atoms with van der Waals surface area (Å²) >= 11 is 5.64. The molecular weight excluding hydrogens is 289 g/mol. The van der Waals surface area contributed by atoms with Gasteiger partial charge in [0, 0.05) is 0 Å². The Hall–Kier alpha value is -1.03. The molecule has 0 aliphatic rings. The number of hydrogen-bond donors (Lipinski definition) is 1. The van der Waals surface area contributed by atoms with Gasteiger partial charge >= 0.3 is 13.0 Å². The van der Waals surface area contributed by atoms with Crippen LogP contribution in [0.4, 0.5) is 4.79 Å². The molecule has 0 aliphatic carbocycles. The van der Waals surface area contributed by atoms with Gasteiger partial charge in [-0.3, -0.25) is 4.52 Å². The van der Waals surface area contributed by atoms with E-state index in [-0.39, 0.29) is 12.7 Å². The van der Waals surface area contributed by atoms with Crippen molar-refractivity contribution >= 4 is 24.2 Å². The van der Waals surface area contributed by atoms with E-state index in [0.717, 1.165) is 11.1 Å². The van der Waals surface area contributed by atoms with Gasteiger partial charge in [-0.2, -0.15) is 0 Å². The average Bonchev–Trinajstić information content (AvgIpc) is 2.26. The van der Waals surface area contributed by atoms with E-state index >= 15 is 0 Å². The SMILES string of the molecule is Cc1ccccc1COP(=O)(Cl)NC(=O)OC(C)C. The predicted molar refractivity (Wildman–Crippen MR) is 74.2 cm³/mol. The Kier molecular flexibility index (Phi) is 5.85. The molecule has 0 saturated carbocycles. The first-order valence-corrected chi connectivity index (χ1v) is 8.31. The Morgan fingerprint density at radius 3 is 2.63 bits per heavy atom. The molecule has 19 heavy (non-hydrogen) atoms. The molecule has 1 rings (SSSR count). The first-order valence-electron chi connectivity index (χ1n) is 5.78. The number of ether oxygens (including phenoxy) is 1. The molecule has 0 bridgehead atoms. The Morgan fingerprint density at radius 2 is 2.05 bits per heavy atom. The molecule has 7 heteroatoms. The van der Waals surface area contributed by atoms with Crippen LogP contribution in [0, 0.1) is 6.92 Å². The van der Waals surface area contributed by atoms with Gasteiger partial charge in [0.15, 0.2) is 0 Å². The lowest BCUT2D eigenvalue weighted by Crippen LogP contribution is -2.23. The Morgan fingerprint density at radius 1 is 1.42 bits per heavy atom. The van der Waals surface area contributed by atoms with Gasteiger partial charge in [-0.25, -0.2) is 14.4 Å². The van der Waals surface area contributed by atoms with Gasteiger partial charge < -0.3 is 4.74 Å². The molecule has 0 spiro atoms. The van der Waals surface area contributed by atoms with Gasteiger partial charge in [0.25, 0.3) is 0 Å². The maximum atomic E-state index is 11.8. The number of rotatable bonds is 5. The molecule has 0 radical (unpaired) electrons. The molecule has 0 saturated heterocycles. The Balaban J connectivity index is 2.54. The van der Waals surface area contributed by atoms with Crippen LogP contribution in [0.15, 0.2) is 24.3 Å². The lowest BCUT2D eigenvalue weighted by molar-refractivity contribution is 0.120. The topological polar surface area (TPSA) is 64.6 Å². The van der Waals surface area contributed by atoms with Crippen LogP contribution in [0.5, 0.6) is 0 Å². The van der Waals surface area contributed by atoms with Crippen molar-refractivity contribution in [2.75, 3.05) is 0 Å². The van der Waals surface area contributed by atoms with Crippen molar-refractivity contribution in [2.24, 2.45) is 0 Å². The molecule has 1 N–H and O–H groups in total. The Bertz CT molecular complexity index is 492. The number of halogens is 1. The number of aryl methyl sites for hydroxylation is 1. The minimum atomic E-state index is -3.74. The van der Waals surface area contributed by atoms with E-state index in [1.54, 1.807) is 13.8 Å². The summed E-state index contributed by atoms with van der Waals surface area (Å²) in [5.41, 5.74) is 1.84. The molecule has 5 nitrogen and oxygen atoms in total. The summed E-state index contributed by atoms with van der Waals surface area (Å²) in [6.45, 7) is 1.56. The fraction of sp³-hybridized carbons (Fsp3) is 0.417. The van der Waals surface area contributed by atoms with E-state index in [0.29, 0.717) is 0 Å². The largest absolute Gasteiger partial charge is 0.447 e. The third kappa shape index (κ3) is 6.10. The number of hydrogen-bond acceptors (Lipinski definition) is 4. The zero-order valence-electron chi connectivity index (χ0n) is 11.1. The fourth-order valence-electron chi connectivity index (χ4n) is 1.31. The van der Waals surface area contributed by atoms with Gasteiger partial charge in [-0.1, -0.05) is 24.3 Å². The van der Waals surface area contributed by atoms with Crippen LogP contribution in [0.2, 0.25) is 0 Å². The van der Waals surface area contributed by atoms with Crippen LogP contribution >= 0.6 is 18.1 Å². The first-order chi connectivity index (χ1) is 8.80. The van der Waals surface area contributed by atoms with Crippen molar-refractivity contribution in [3.63, 3.8) is 0 Å². The van der Waals surface area contributed by atoms with E-state index in [4.69, 9.17) is 20.5 Å². The predicted octanol–water partition coefficient (Wildman–Crippen LogP) is 3.99. The van der Waals surface area contributed by atoms with Crippen LogP contribution in [0.25, 0.3) is 0 Å². The smallest absolute Gasteiger partial charge is 0.415 e. The highest BCUT2D eigenvalue weighted by molar-refractivity contribution is 7.84. The summed E-state index contributed by atoms with van der Waals surface area (Å²) in [5.74, 6) is 0. The molecule has 1 amide bonds. The Labute approximate surface area is 117 Å². The highest BCUT2D eigenvalue weighted by atomic mass is 35.7. The van der Waals surface area contributed by atoms with Crippen LogP contribution < -0.4 is 5.09 Å². The second-order valence-corrected chi connectivity index (χ2v) is 7.02. The van der Waals surface area contributed by atoms with Crippen molar-refractivity contribution in [3.05, 3.63) is 35.4 Å². The summed E-state index contributed by atoms with van der Waals surface area (Å²) in [6.07, 6.45) is -1.19. The van der Waals surface area contributed by atoms with Gasteiger partial charge in [0.2, 0.25) is 0 Å². The standard InChI is InChI=1S/C12H17ClNO4P/c1-9(2)18-12(15)14-19(13,16)17-8-11-7-5-4-6-10(11)3/h4-7,9H,8H2,1-3H3,(H,14,15,16). The highest BCUT2D eigenvalue weighted by Gasteiger charge is 2.24. The minimum absolute atomic E-state index is 0.0510. The lowest BCUT2D eigenvalue weighted by Gasteiger charge is -2.15. The number of carbonyl (C=O) groups excluding carboxylic acids is 1. The van der Waals surface area contributed by atoms with Gasteiger partial charge in [-0.05, 0) is 43.1 Å². The molecule has 1 aromatic carbocycles. The van der Waals surface area contributed by atoms with Crippen molar-refractivity contribution in [1.29, 1.82) is 0 Å². The zero-order valence-corrected chi connectivity index (χ0v) is 12.7. The summed E-state index contributed by atoms with van der Waals surface area (Å²) in [5, 5.41) is 2.01. The number of benzene rings is 1. The van der Waals surface area contributed by atoms with Gasteiger partial charge in [0.1, 0.15) is 0 Å². The van der Waals surface area contributed by atoms with Gasteiger partial charge in [0.05, 0.1) is 12.7 Å². The third-order valence-corrected chi connectivity index (χ3v) is 3.67. The lowest BCUT2D eigenvalue weighted by atomic mass is 10.1. The quantitative estimate of drug-likeness (QED) is 0.835. The zero-order chi connectivity index (χ0) is 14.5. The molecule has 1 unspecified atom stereocenters. The molecule has 0 heterocycles. The second-order valence-electron chi connectivity index (χ2n) is 4.25. The van der Waals surface area contributed by atoms with Gasteiger partial charge in [-0.15, -0.1) is 0 Å².